The molecular formula is C66H38N4. The van der Waals surface area contributed by atoms with Crippen LogP contribution in [0.4, 0.5) is 0 Å². The minimum Gasteiger partial charge on any atom is -0.309 e. The molecule has 70 heavy (non-hydrogen) atoms. The molecule has 6 heterocycles. The molecule has 0 bridgehead atoms. The van der Waals surface area contributed by atoms with E-state index in [2.05, 4.69) is 118 Å². The average molecular weight is 897 g/mol. The molecule has 6 aromatic heterocycles. The van der Waals surface area contributed by atoms with E-state index < -0.39 is 36.3 Å². The molecular weight excluding hydrogens is 849 g/mol. The summed E-state index contributed by atoms with van der Waals surface area (Å²) in [4.78, 5) is 0. The maximum atomic E-state index is 9.34. The highest BCUT2D eigenvalue weighted by Crippen LogP contribution is 2.55. The lowest BCUT2D eigenvalue weighted by Gasteiger charge is -2.16. The Morgan fingerprint density at radius 2 is 0.629 bits per heavy atom. The number of hydrogen-bond acceptors (Lipinski definition) is 0. The number of benzene rings is 11. The lowest BCUT2D eigenvalue weighted by atomic mass is 9.89. The van der Waals surface area contributed by atoms with Gasteiger partial charge in [-0.15, -0.1) is 0 Å². The summed E-state index contributed by atoms with van der Waals surface area (Å²) in [5.74, 6) is 0. The van der Waals surface area contributed by atoms with E-state index in [4.69, 9.17) is 8.22 Å². The van der Waals surface area contributed by atoms with Crippen molar-refractivity contribution in [1.82, 2.24) is 17.9 Å². The van der Waals surface area contributed by atoms with Gasteiger partial charge in [-0.05, 0) is 59.6 Å². The molecule has 0 spiro atoms. The number of aromatic nitrogens is 4. The van der Waals surface area contributed by atoms with Gasteiger partial charge in [0.2, 0.25) is 0 Å². The van der Waals surface area contributed by atoms with Crippen LogP contribution in [0.5, 0.6) is 0 Å². The molecule has 17 aromatic rings. The van der Waals surface area contributed by atoms with Crippen molar-refractivity contribution in [3.8, 4) is 33.6 Å². The van der Waals surface area contributed by atoms with Crippen LogP contribution >= 0.6 is 0 Å². The van der Waals surface area contributed by atoms with Crippen molar-refractivity contribution in [2.24, 2.45) is 0 Å². The maximum absolute atomic E-state index is 9.34. The third kappa shape index (κ3) is 4.39. The number of para-hydroxylation sites is 6. The Hall–Kier alpha value is -9.38. The second-order valence-corrected chi connectivity index (χ2v) is 18.4. The van der Waals surface area contributed by atoms with Crippen molar-refractivity contribution in [1.29, 1.82) is 0 Å². The molecule has 0 N–H and O–H groups in total. The lowest BCUT2D eigenvalue weighted by molar-refractivity contribution is 1.19. The molecule has 0 fully saturated rings. The zero-order valence-electron chi connectivity index (χ0n) is 47.0. The average Bonchev–Trinajstić information content (AvgIpc) is 4.09. The van der Waals surface area contributed by atoms with Crippen molar-refractivity contribution < 1.29 is 13.7 Å². The Bertz CT molecular complexity index is 5250. The highest BCUT2D eigenvalue weighted by Gasteiger charge is 2.32. The van der Waals surface area contributed by atoms with Crippen LogP contribution in [-0.2, 0) is 0 Å². The SMILES string of the molecule is [2H]c1c([2H])c([2H])c(-n2c3ccccc3c3ccc4c(c5cccc6c7c(-c8ccccc8)c8c(c(-c9ccccc9)c7n4c65)c4cccc5c6c7c(ccc6n8c45)c4ccccc4n7-c4c([2H])c([2H])c([2H])c([2H])c4[2H])c32)c([2H])c1[2H]. The number of fused-ring (bicyclic) bond motifs is 20. The second-order valence-electron chi connectivity index (χ2n) is 18.4. The second kappa shape index (κ2) is 13.2. The molecule has 4 heteroatoms. The van der Waals surface area contributed by atoms with Crippen molar-refractivity contribution >= 4 is 120 Å². The molecule has 0 aliphatic heterocycles. The lowest BCUT2D eigenvalue weighted by Crippen LogP contribution is -1.95. The predicted molar refractivity (Wildman–Crippen MR) is 295 cm³/mol. The van der Waals surface area contributed by atoms with Crippen LogP contribution < -0.4 is 0 Å². The summed E-state index contributed by atoms with van der Waals surface area (Å²) in [6, 6.07) is 54.7. The highest BCUT2D eigenvalue weighted by molar-refractivity contribution is 6.40. The first kappa shape index (κ1) is 28.7. The molecule has 0 radical (unpaired) electrons. The molecule has 11 aromatic carbocycles. The fourth-order valence-electron chi connectivity index (χ4n) is 12.7. The van der Waals surface area contributed by atoms with Crippen LogP contribution in [0.1, 0.15) is 13.7 Å². The third-order valence-electron chi connectivity index (χ3n) is 15.1. The molecule has 0 unspecified atom stereocenters. The largest absolute Gasteiger partial charge is 0.309 e. The van der Waals surface area contributed by atoms with E-state index in [-0.39, 0.29) is 35.5 Å². The summed E-state index contributed by atoms with van der Waals surface area (Å²) in [5, 5.41) is 11.4. The first-order valence-corrected chi connectivity index (χ1v) is 23.5. The van der Waals surface area contributed by atoms with Gasteiger partial charge in [0.05, 0.1) is 68.9 Å². The smallest absolute Gasteiger partial charge is 0.0645 e. The Labute approximate surface area is 414 Å². The Morgan fingerprint density at radius 3 is 1.06 bits per heavy atom. The van der Waals surface area contributed by atoms with E-state index >= 15 is 0 Å². The molecule has 0 saturated carbocycles. The molecule has 17 rings (SSSR count). The van der Waals surface area contributed by atoms with Crippen molar-refractivity contribution in [2.45, 2.75) is 0 Å². The van der Waals surface area contributed by atoms with Gasteiger partial charge in [0, 0.05) is 87.1 Å². The van der Waals surface area contributed by atoms with Gasteiger partial charge in [0.25, 0.3) is 0 Å². The Kier molecular flexibility index (Phi) is 5.41. The predicted octanol–water partition coefficient (Wildman–Crippen LogP) is 17.5. The van der Waals surface area contributed by atoms with Gasteiger partial charge in [-0.3, -0.25) is 0 Å². The molecule has 0 aliphatic rings. The van der Waals surface area contributed by atoms with Gasteiger partial charge < -0.3 is 17.9 Å². The van der Waals surface area contributed by atoms with Gasteiger partial charge in [-0.1, -0.05) is 182 Å². The van der Waals surface area contributed by atoms with E-state index in [0.717, 1.165) is 142 Å². The summed E-state index contributed by atoms with van der Waals surface area (Å²) >= 11 is 0. The van der Waals surface area contributed by atoms with Crippen molar-refractivity contribution in [3.05, 3.63) is 230 Å². The molecule has 0 saturated heterocycles. The summed E-state index contributed by atoms with van der Waals surface area (Å²) < 4.78 is 98.3. The first-order chi connectivity index (χ1) is 39.0. The molecule has 322 valence electrons. The normalized spacial score (nSPS) is 14.6. The van der Waals surface area contributed by atoms with Crippen LogP contribution in [0.2, 0.25) is 0 Å². The van der Waals surface area contributed by atoms with E-state index in [1.807, 2.05) is 69.8 Å². The van der Waals surface area contributed by atoms with Crippen LogP contribution in [0, 0.1) is 0 Å². The molecule has 0 aliphatic carbocycles. The molecule has 0 atom stereocenters. The zero-order valence-corrected chi connectivity index (χ0v) is 37.0. The quantitative estimate of drug-likeness (QED) is 0.168. The number of hydrogen-bond donors (Lipinski definition) is 0. The van der Waals surface area contributed by atoms with E-state index in [1.54, 1.807) is 0 Å². The van der Waals surface area contributed by atoms with E-state index in [0.29, 0.717) is 0 Å². The summed E-state index contributed by atoms with van der Waals surface area (Å²) in [6.07, 6.45) is 0. The summed E-state index contributed by atoms with van der Waals surface area (Å²) in [5.41, 5.74) is 13.0. The fourth-order valence-corrected chi connectivity index (χ4v) is 12.7. The van der Waals surface area contributed by atoms with Gasteiger partial charge >= 0.3 is 0 Å². The first-order valence-electron chi connectivity index (χ1n) is 28.5. The fraction of sp³-hybridized carbons (Fsp3) is 0. The summed E-state index contributed by atoms with van der Waals surface area (Å²) in [7, 11) is 0. The van der Waals surface area contributed by atoms with Crippen LogP contribution in [0.25, 0.3) is 153 Å². The minimum atomic E-state index is -0.447. The van der Waals surface area contributed by atoms with Crippen LogP contribution in [0.3, 0.4) is 0 Å². The Morgan fingerprint density at radius 1 is 0.257 bits per heavy atom. The Balaban J connectivity index is 1.12. The molecule has 4 nitrogen and oxygen atoms in total. The minimum absolute atomic E-state index is 0.0894. The topological polar surface area (TPSA) is 18.7 Å². The zero-order chi connectivity index (χ0) is 54.0. The van der Waals surface area contributed by atoms with Gasteiger partial charge in [0.15, 0.2) is 0 Å². The van der Waals surface area contributed by atoms with Crippen molar-refractivity contribution in [3.63, 3.8) is 0 Å². The highest BCUT2D eigenvalue weighted by atomic mass is 15.0. The monoisotopic (exact) mass is 896 g/mol. The van der Waals surface area contributed by atoms with Gasteiger partial charge in [0.1, 0.15) is 0 Å². The summed E-state index contributed by atoms with van der Waals surface area (Å²) in [6.45, 7) is 0. The van der Waals surface area contributed by atoms with Crippen molar-refractivity contribution in [2.75, 3.05) is 0 Å². The number of rotatable bonds is 4. The molecule has 0 amide bonds. The van der Waals surface area contributed by atoms with E-state index in [9.17, 15) is 5.48 Å². The van der Waals surface area contributed by atoms with E-state index in [1.165, 1.54) is 0 Å². The van der Waals surface area contributed by atoms with Gasteiger partial charge in [-0.2, -0.15) is 0 Å². The van der Waals surface area contributed by atoms with Crippen LogP contribution in [-0.4, -0.2) is 17.9 Å². The van der Waals surface area contributed by atoms with Gasteiger partial charge in [-0.25, -0.2) is 0 Å². The number of nitrogens with zero attached hydrogens (tertiary/aromatic N) is 4. The third-order valence-corrected chi connectivity index (χ3v) is 15.1. The standard InChI is InChI=1S/C66H38N4/c1-5-19-39(20-6-1)55-59-49-31-17-29-47-58-54(38-36-46-44-28-14-16-34-52(44)68(64(46)58)42-25-11-4-12-26-42)70(61(47)49)66(59)56(40-21-7-2-8-22-40)60-50-32-18-30-48-57-53(69(62(48)50)65(55)60)37-35-45-43-27-13-15-33-51(43)67(63(45)57)41-23-9-3-10-24-41/h1-38H/i3D,4D,9D,10D,11D,12D,23D,24D,25D,26D. The maximum Gasteiger partial charge on any atom is 0.0645 e. The van der Waals surface area contributed by atoms with Crippen LogP contribution in [0.15, 0.2) is 230 Å².